The van der Waals surface area contributed by atoms with E-state index in [4.69, 9.17) is 4.74 Å². The van der Waals surface area contributed by atoms with Crippen molar-refractivity contribution in [3.63, 3.8) is 0 Å². The van der Waals surface area contributed by atoms with Crippen LogP contribution in [0.5, 0.6) is 0 Å². The summed E-state index contributed by atoms with van der Waals surface area (Å²) in [5.41, 5.74) is 0. The lowest BCUT2D eigenvalue weighted by atomic mass is 9.92. The Morgan fingerprint density at radius 3 is 2.67 bits per heavy atom. The van der Waals surface area contributed by atoms with Gasteiger partial charge in [0.2, 0.25) is 0 Å². The van der Waals surface area contributed by atoms with E-state index < -0.39 is 9.84 Å². The Bertz CT molecular complexity index is 351. The lowest BCUT2D eigenvalue weighted by Crippen LogP contribution is -2.32. The van der Waals surface area contributed by atoms with Crippen molar-refractivity contribution in [3.05, 3.63) is 0 Å². The van der Waals surface area contributed by atoms with E-state index >= 15 is 0 Å². The highest BCUT2D eigenvalue weighted by Gasteiger charge is 2.33. The molecule has 0 aromatic heterocycles. The maximum Gasteiger partial charge on any atom is 0.150 e. The van der Waals surface area contributed by atoms with E-state index in [9.17, 15) is 8.42 Å². The molecule has 2 rings (SSSR count). The van der Waals surface area contributed by atoms with E-state index in [1.807, 2.05) is 0 Å². The number of sulfone groups is 1. The van der Waals surface area contributed by atoms with E-state index in [1.165, 1.54) is 12.8 Å². The van der Waals surface area contributed by atoms with Crippen LogP contribution >= 0.6 is 0 Å². The van der Waals surface area contributed by atoms with Gasteiger partial charge in [0.1, 0.15) is 0 Å². The predicted molar refractivity (Wildman–Crippen MR) is 72.3 cm³/mol. The molecule has 2 atom stereocenters. The summed E-state index contributed by atoms with van der Waals surface area (Å²) in [6.07, 6.45) is 3.41. The van der Waals surface area contributed by atoms with Crippen LogP contribution in [0, 0.1) is 17.8 Å². The van der Waals surface area contributed by atoms with Crippen LogP contribution in [0.2, 0.25) is 0 Å². The van der Waals surface area contributed by atoms with Gasteiger partial charge in [0.15, 0.2) is 9.84 Å². The van der Waals surface area contributed by atoms with Crippen molar-refractivity contribution in [2.45, 2.75) is 26.2 Å². The van der Waals surface area contributed by atoms with Gasteiger partial charge < -0.3 is 10.1 Å². The average Bonchev–Trinajstić information content (AvgIpc) is 3.07. The topological polar surface area (TPSA) is 55.4 Å². The second kappa shape index (κ2) is 6.35. The quantitative estimate of drug-likeness (QED) is 0.720. The molecule has 0 aromatic rings. The van der Waals surface area contributed by atoms with Crippen LogP contribution in [0.4, 0.5) is 0 Å². The molecular weight excluding hydrogens is 250 g/mol. The molecule has 0 radical (unpaired) electrons. The first-order chi connectivity index (χ1) is 8.61. The van der Waals surface area contributed by atoms with Gasteiger partial charge in [-0.2, -0.15) is 0 Å². The monoisotopic (exact) mass is 275 g/mol. The van der Waals surface area contributed by atoms with Crippen LogP contribution in [0.25, 0.3) is 0 Å². The Morgan fingerprint density at radius 2 is 2.11 bits per heavy atom. The van der Waals surface area contributed by atoms with Gasteiger partial charge in [-0.3, -0.25) is 0 Å². The zero-order valence-electron chi connectivity index (χ0n) is 11.2. The van der Waals surface area contributed by atoms with E-state index in [0.717, 1.165) is 32.0 Å². The van der Waals surface area contributed by atoms with Gasteiger partial charge >= 0.3 is 0 Å². The molecule has 106 valence electrons. The first kappa shape index (κ1) is 14.3. The molecule has 1 saturated heterocycles. The van der Waals surface area contributed by atoms with Crippen LogP contribution in [-0.4, -0.2) is 46.2 Å². The van der Waals surface area contributed by atoms with Crippen molar-refractivity contribution in [2.24, 2.45) is 17.8 Å². The van der Waals surface area contributed by atoms with Gasteiger partial charge in [-0.1, -0.05) is 6.92 Å². The minimum atomic E-state index is -2.78. The minimum Gasteiger partial charge on any atom is -0.381 e. The molecule has 2 unspecified atom stereocenters. The van der Waals surface area contributed by atoms with Crippen molar-refractivity contribution < 1.29 is 13.2 Å². The van der Waals surface area contributed by atoms with Crippen molar-refractivity contribution in [2.75, 3.05) is 37.8 Å². The smallest absolute Gasteiger partial charge is 0.150 e. The Kier molecular flexibility index (Phi) is 5.04. The fraction of sp³-hybridized carbons (Fsp3) is 1.00. The highest BCUT2D eigenvalue weighted by atomic mass is 32.2. The Labute approximate surface area is 110 Å². The summed E-state index contributed by atoms with van der Waals surface area (Å²) in [5.74, 6) is 2.13. The second-order valence-corrected chi connectivity index (χ2v) is 7.94. The molecule has 0 spiro atoms. The SMILES string of the molecule is CCNCC(COCC1CC1)C1CCS(=O)(=O)C1. The van der Waals surface area contributed by atoms with Crippen molar-refractivity contribution in [1.29, 1.82) is 0 Å². The number of hydrogen-bond acceptors (Lipinski definition) is 4. The molecule has 1 heterocycles. The first-order valence-corrected chi connectivity index (χ1v) is 8.91. The highest BCUT2D eigenvalue weighted by Crippen LogP contribution is 2.30. The molecule has 0 bridgehead atoms. The van der Waals surface area contributed by atoms with Crippen LogP contribution in [0.3, 0.4) is 0 Å². The summed E-state index contributed by atoms with van der Waals surface area (Å²) in [4.78, 5) is 0. The van der Waals surface area contributed by atoms with Gasteiger partial charge in [-0.05, 0) is 43.6 Å². The fourth-order valence-electron chi connectivity index (χ4n) is 2.56. The largest absolute Gasteiger partial charge is 0.381 e. The number of hydrogen-bond donors (Lipinski definition) is 1. The molecule has 1 N–H and O–H groups in total. The Hall–Kier alpha value is -0.130. The number of ether oxygens (including phenoxy) is 1. The molecule has 0 amide bonds. The van der Waals surface area contributed by atoms with E-state index in [0.29, 0.717) is 24.0 Å². The summed E-state index contributed by atoms with van der Waals surface area (Å²) in [5, 5.41) is 3.33. The second-order valence-electron chi connectivity index (χ2n) is 5.71. The predicted octanol–water partition coefficient (Wildman–Crippen LogP) is 1.07. The zero-order valence-corrected chi connectivity index (χ0v) is 12.0. The molecule has 4 nitrogen and oxygen atoms in total. The van der Waals surface area contributed by atoms with Gasteiger partial charge in [-0.15, -0.1) is 0 Å². The molecule has 5 heteroatoms. The molecule has 1 aliphatic carbocycles. The summed E-state index contributed by atoms with van der Waals surface area (Å²) < 4.78 is 28.9. The fourth-order valence-corrected chi connectivity index (χ4v) is 4.48. The number of rotatable bonds is 8. The maximum atomic E-state index is 11.6. The van der Waals surface area contributed by atoms with Gasteiger partial charge in [0.25, 0.3) is 0 Å². The normalized spacial score (nSPS) is 28.4. The molecule has 0 aromatic carbocycles. The minimum absolute atomic E-state index is 0.285. The molecular formula is C13H25NO3S. The zero-order chi connectivity index (χ0) is 13.0. The summed E-state index contributed by atoms with van der Waals surface area (Å²) in [7, 11) is -2.78. The molecule has 18 heavy (non-hydrogen) atoms. The van der Waals surface area contributed by atoms with Crippen molar-refractivity contribution in [1.82, 2.24) is 5.32 Å². The van der Waals surface area contributed by atoms with Crippen LogP contribution in [-0.2, 0) is 14.6 Å². The lowest BCUT2D eigenvalue weighted by molar-refractivity contribution is 0.0738. The summed E-state index contributed by atoms with van der Waals surface area (Å²) in [6, 6.07) is 0. The van der Waals surface area contributed by atoms with Crippen molar-refractivity contribution in [3.8, 4) is 0 Å². The van der Waals surface area contributed by atoms with E-state index in [-0.39, 0.29) is 5.92 Å². The first-order valence-electron chi connectivity index (χ1n) is 7.09. The summed E-state index contributed by atoms with van der Waals surface area (Å²) in [6.45, 7) is 5.46. The Balaban J connectivity index is 1.79. The average molecular weight is 275 g/mol. The molecule has 1 saturated carbocycles. The standard InChI is InChI=1S/C13H25NO3S/c1-2-14-7-13(9-17-8-11-3-4-11)12-5-6-18(15,16)10-12/h11-14H,2-10H2,1H3. The van der Waals surface area contributed by atoms with Crippen LogP contribution < -0.4 is 5.32 Å². The molecule has 2 fully saturated rings. The Morgan fingerprint density at radius 1 is 1.33 bits per heavy atom. The van der Waals surface area contributed by atoms with Crippen LogP contribution in [0.15, 0.2) is 0 Å². The van der Waals surface area contributed by atoms with E-state index in [2.05, 4.69) is 12.2 Å². The third-order valence-corrected chi connectivity index (χ3v) is 5.77. The van der Waals surface area contributed by atoms with Gasteiger partial charge in [-0.25, -0.2) is 8.42 Å². The third-order valence-electron chi connectivity index (χ3n) is 3.97. The molecule has 1 aliphatic heterocycles. The van der Waals surface area contributed by atoms with Gasteiger partial charge in [0.05, 0.1) is 18.1 Å². The van der Waals surface area contributed by atoms with Gasteiger partial charge in [0, 0.05) is 13.2 Å². The van der Waals surface area contributed by atoms with Crippen LogP contribution in [0.1, 0.15) is 26.2 Å². The molecule has 2 aliphatic rings. The summed E-state index contributed by atoms with van der Waals surface area (Å²) >= 11 is 0. The maximum absolute atomic E-state index is 11.6. The third kappa shape index (κ3) is 4.52. The highest BCUT2D eigenvalue weighted by molar-refractivity contribution is 7.91. The van der Waals surface area contributed by atoms with E-state index in [1.54, 1.807) is 0 Å². The lowest BCUT2D eigenvalue weighted by Gasteiger charge is -2.22. The van der Waals surface area contributed by atoms with Crippen molar-refractivity contribution >= 4 is 9.84 Å². The number of nitrogens with one attached hydrogen (secondary N) is 1.